The summed E-state index contributed by atoms with van der Waals surface area (Å²) in [6.45, 7) is 0. The zero-order valence-corrected chi connectivity index (χ0v) is 18.8. The van der Waals surface area contributed by atoms with E-state index in [2.05, 4.69) is 4.98 Å². The molecule has 0 aliphatic heterocycles. The SMILES string of the molecule is COc1cc(-c2cnc(N)c3c(-c4cccc(CC(N)=O)c4)csc23)cc(OC)c1OC. The number of nitrogens with two attached hydrogens (primary N) is 2. The zero-order valence-electron chi connectivity index (χ0n) is 18.0. The maximum Gasteiger partial charge on any atom is 0.221 e. The van der Waals surface area contributed by atoms with E-state index in [1.54, 1.807) is 38.9 Å². The summed E-state index contributed by atoms with van der Waals surface area (Å²) in [5.74, 6) is 1.71. The minimum absolute atomic E-state index is 0.181. The van der Waals surface area contributed by atoms with Crippen LogP contribution in [0.15, 0.2) is 48.0 Å². The summed E-state index contributed by atoms with van der Waals surface area (Å²) in [6, 6.07) is 11.5. The number of benzene rings is 2. The van der Waals surface area contributed by atoms with E-state index >= 15 is 0 Å². The first-order valence-corrected chi connectivity index (χ1v) is 10.7. The van der Waals surface area contributed by atoms with Gasteiger partial charge in [0.15, 0.2) is 11.5 Å². The van der Waals surface area contributed by atoms with Crippen LogP contribution in [0.3, 0.4) is 0 Å². The molecule has 2 heterocycles. The fourth-order valence-corrected chi connectivity index (χ4v) is 4.89. The number of rotatable bonds is 7. The number of hydrogen-bond acceptors (Lipinski definition) is 7. The lowest BCUT2D eigenvalue weighted by molar-refractivity contribution is -0.117. The molecule has 0 saturated carbocycles. The van der Waals surface area contributed by atoms with E-state index in [0.29, 0.717) is 23.1 Å². The first-order valence-electron chi connectivity index (χ1n) is 9.80. The van der Waals surface area contributed by atoms with Gasteiger partial charge in [-0.2, -0.15) is 0 Å². The van der Waals surface area contributed by atoms with Gasteiger partial charge in [0.25, 0.3) is 0 Å². The van der Waals surface area contributed by atoms with Crippen molar-refractivity contribution in [2.75, 3.05) is 27.1 Å². The van der Waals surface area contributed by atoms with E-state index in [9.17, 15) is 4.79 Å². The molecule has 164 valence electrons. The van der Waals surface area contributed by atoms with Crippen molar-refractivity contribution in [3.63, 3.8) is 0 Å². The number of aromatic nitrogens is 1. The van der Waals surface area contributed by atoms with Gasteiger partial charge in [-0.1, -0.05) is 24.3 Å². The number of nitrogen functional groups attached to an aromatic ring is 1. The molecule has 2 aromatic carbocycles. The Morgan fingerprint density at radius 3 is 2.34 bits per heavy atom. The van der Waals surface area contributed by atoms with Gasteiger partial charge < -0.3 is 25.7 Å². The Labute approximate surface area is 189 Å². The third-order valence-electron chi connectivity index (χ3n) is 5.22. The molecule has 0 aliphatic rings. The summed E-state index contributed by atoms with van der Waals surface area (Å²) < 4.78 is 17.5. The van der Waals surface area contributed by atoms with E-state index in [4.69, 9.17) is 25.7 Å². The smallest absolute Gasteiger partial charge is 0.221 e. The summed E-state index contributed by atoms with van der Waals surface area (Å²) >= 11 is 1.58. The van der Waals surface area contributed by atoms with Crippen LogP contribution >= 0.6 is 11.3 Å². The highest BCUT2D eigenvalue weighted by Crippen LogP contribution is 2.46. The molecule has 0 saturated heterocycles. The summed E-state index contributed by atoms with van der Waals surface area (Å²) in [4.78, 5) is 15.8. The van der Waals surface area contributed by atoms with Gasteiger partial charge in [-0.3, -0.25) is 4.79 Å². The van der Waals surface area contributed by atoms with Crippen molar-refractivity contribution in [3.05, 3.63) is 53.5 Å². The van der Waals surface area contributed by atoms with E-state index in [1.807, 2.05) is 41.8 Å². The Morgan fingerprint density at radius 1 is 1.00 bits per heavy atom. The monoisotopic (exact) mass is 449 g/mol. The van der Waals surface area contributed by atoms with Gasteiger partial charge in [0.05, 0.1) is 27.8 Å². The molecule has 2 aromatic heterocycles. The van der Waals surface area contributed by atoms with Gasteiger partial charge in [0, 0.05) is 27.4 Å². The van der Waals surface area contributed by atoms with Crippen molar-refractivity contribution in [1.29, 1.82) is 0 Å². The number of methoxy groups -OCH3 is 3. The maximum atomic E-state index is 11.3. The van der Waals surface area contributed by atoms with E-state index in [-0.39, 0.29) is 12.3 Å². The molecule has 32 heavy (non-hydrogen) atoms. The second kappa shape index (κ2) is 8.76. The molecule has 0 spiro atoms. The molecule has 0 atom stereocenters. The van der Waals surface area contributed by atoms with Crippen molar-refractivity contribution in [3.8, 4) is 39.5 Å². The molecule has 4 rings (SSSR count). The Morgan fingerprint density at radius 2 is 1.72 bits per heavy atom. The lowest BCUT2D eigenvalue weighted by atomic mass is 9.99. The molecular formula is C24H23N3O4S. The Hall–Kier alpha value is -3.78. The van der Waals surface area contributed by atoms with Crippen LogP contribution in [0.5, 0.6) is 17.2 Å². The summed E-state index contributed by atoms with van der Waals surface area (Å²) in [6.07, 6.45) is 1.93. The van der Waals surface area contributed by atoms with Crippen molar-refractivity contribution in [2.24, 2.45) is 5.73 Å². The quantitative estimate of drug-likeness (QED) is 0.436. The lowest BCUT2D eigenvalue weighted by Crippen LogP contribution is -2.13. The minimum Gasteiger partial charge on any atom is -0.493 e. The first-order chi connectivity index (χ1) is 15.5. The number of fused-ring (bicyclic) bond motifs is 1. The van der Waals surface area contributed by atoms with Crippen molar-refractivity contribution in [1.82, 2.24) is 4.98 Å². The molecule has 0 bridgehead atoms. The number of nitrogens with zero attached hydrogens (tertiary/aromatic N) is 1. The topological polar surface area (TPSA) is 110 Å². The van der Waals surface area contributed by atoms with Crippen molar-refractivity contribution < 1.29 is 19.0 Å². The fraction of sp³-hybridized carbons (Fsp3) is 0.167. The van der Waals surface area contributed by atoms with Crippen LogP contribution < -0.4 is 25.7 Å². The lowest BCUT2D eigenvalue weighted by Gasteiger charge is -2.15. The maximum absolute atomic E-state index is 11.3. The number of pyridine rings is 1. The Kier molecular flexibility index (Phi) is 5.87. The third-order valence-corrected chi connectivity index (χ3v) is 6.23. The van der Waals surface area contributed by atoms with Crippen LogP contribution in [0.1, 0.15) is 5.56 Å². The largest absolute Gasteiger partial charge is 0.493 e. The van der Waals surface area contributed by atoms with E-state index in [1.165, 1.54) is 0 Å². The molecule has 4 aromatic rings. The number of anilines is 1. The fourth-order valence-electron chi connectivity index (χ4n) is 3.77. The summed E-state index contributed by atoms with van der Waals surface area (Å²) in [7, 11) is 4.74. The van der Waals surface area contributed by atoms with Gasteiger partial charge in [0.2, 0.25) is 11.7 Å². The molecule has 4 N–H and O–H groups in total. The summed E-state index contributed by atoms with van der Waals surface area (Å²) in [5, 5.41) is 2.91. The highest BCUT2D eigenvalue weighted by Gasteiger charge is 2.19. The molecule has 0 radical (unpaired) electrons. The van der Waals surface area contributed by atoms with Crippen LogP contribution in [0, 0.1) is 0 Å². The number of ether oxygens (including phenoxy) is 3. The second-order valence-corrected chi connectivity index (χ2v) is 8.05. The van der Waals surface area contributed by atoms with Gasteiger partial charge in [-0.25, -0.2) is 4.98 Å². The summed E-state index contributed by atoms with van der Waals surface area (Å²) in [5.41, 5.74) is 16.2. The van der Waals surface area contributed by atoms with Gasteiger partial charge in [-0.15, -0.1) is 11.3 Å². The Bertz CT molecular complexity index is 1290. The number of hydrogen-bond donors (Lipinski definition) is 2. The Balaban J connectivity index is 1.90. The van der Waals surface area contributed by atoms with Gasteiger partial charge >= 0.3 is 0 Å². The number of primary amides is 1. The molecule has 1 amide bonds. The van der Waals surface area contributed by atoms with Crippen LogP contribution in [0.4, 0.5) is 5.82 Å². The van der Waals surface area contributed by atoms with Crippen LogP contribution in [-0.4, -0.2) is 32.2 Å². The van der Waals surface area contributed by atoms with Crippen molar-refractivity contribution in [2.45, 2.75) is 6.42 Å². The molecule has 0 fully saturated rings. The number of carbonyl (C=O) groups excluding carboxylic acids is 1. The molecule has 0 aliphatic carbocycles. The predicted octanol–water partition coefficient (Wildman–Crippen LogP) is 4.27. The third kappa shape index (κ3) is 3.80. The number of thiophene rings is 1. The zero-order chi connectivity index (χ0) is 22.8. The van der Waals surface area contributed by atoms with Gasteiger partial charge in [-0.05, 0) is 34.2 Å². The van der Waals surface area contributed by atoms with Crippen molar-refractivity contribution >= 4 is 33.1 Å². The highest BCUT2D eigenvalue weighted by molar-refractivity contribution is 7.18. The first kappa shape index (κ1) is 21.5. The predicted molar refractivity (Wildman–Crippen MR) is 127 cm³/mol. The van der Waals surface area contributed by atoms with Gasteiger partial charge in [0.1, 0.15) is 5.82 Å². The minimum atomic E-state index is -0.372. The van der Waals surface area contributed by atoms with Crippen LogP contribution in [-0.2, 0) is 11.2 Å². The number of carbonyl (C=O) groups is 1. The average Bonchev–Trinajstić information content (AvgIpc) is 3.24. The molecule has 0 unspecified atom stereocenters. The van der Waals surface area contributed by atoms with Crippen LogP contribution in [0.25, 0.3) is 32.3 Å². The molecule has 8 heteroatoms. The molecular weight excluding hydrogens is 426 g/mol. The van der Waals surface area contributed by atoms with E-state index in [0.717, 1.165) is 37.9 Å². The number of amides is 1. The normalized spacial score (nSPS) is 10.8. The van der Waals surface area contributed by atoms with Crippen LogP contribution in [0.2, 0.25) is 0 Å². The standard InChI is InChI=1S/C24H23N3O4S/c1-29-18-9-15(10-19(30-2)22(18)31-3)16-11-27-24(26)21-17(12-32-23(16)21)14-6-4-5-13(7-14)8-20(25)28/h4-7,9-12H,8H2,1-3H3,(H2,25,28)(H2,26,27). The average molecular weight is 450 g/mol. The van der Waals surface area contributed by atoms with E-state index < -0.39 is 0 Å². The highest BCUT2D eigenvalue weighted by atomic mass is 32.1. The molecule has 7 nitrogen and oxygen atoms in total. The second-order valence-electron chi connectivity index (χ2n) is 7.17.